The largest absolute Gasteiger partial charge is 0.375 e. The summed E-state index contributed by atoms with van der Waals surface area (Å²) in [5.74, 6) is -0.259. The second kappa shape index (κ2) is 5.52. The van der Waals surface area contributed by atoms with E-state index in [0.717, 1.165) is 0 Å². The van der Waals surface area contributed by atoms with Crippen LogP contribution in [0.4, 0.5) is 10.8 Å². The van der Waals surface area contributed by atoms with Gasteiger partial charge in [0.2, 0.25) is 0 Å². The Balaban J connectivity index is 2.01. The molecule has 0 atom stereocenters. The molecule has 1 amide bonds. The van der Waals surface area contributed by atoms with Gasteiger partial charge in [-0.25, -0.2) is 4.98 Å². The van der Waals surface area contributed by atoms with Crippen molar-refractivity contribution in [3.8, 4) is 0 Å². The molecular weight excluding hydrogens is 329 g/mol. The lowest BCUT2D eigenvalue weighted by Crippen LogP contribution is -2.12. The molecule has 0 radical (unpaired) electrons. The van der Waals surface area contributed by atoms with Crippen LogP contribution in [0.3, 0.4) is 0 Å². The molecule has 7 heteroatoms. The van der Waals surface area contributed by atoms with Crippen molar-refractivity contribution in [1.82, 2.24) is 4.98 Å². The van der Waals surface area contributed by atoms with Gasteiger partial charge in [0.15, 0.2) is 5.13 Å². The highest BCUT2D eigenvalue weighted by molar-refractivity contribution is 7.22. The number of halogens is 2. The minimum atomic E-state index is -0.259. The molecule has 0 spiro atoms. The minimum Gasteiger partial charge on any atom is -0.375 e. The third kappa shape index (κ3) is 2.68. The number of fused-ring (bicyclic) bond motifs is 1. The van der Waals surface area contributed by atoms with E-state index in [1.165, 1.54) is 11.3 Å². The molecule has 0 saturated carbocycles. The van der Waals surface area contributed by atoms with E-state index in [-0.39, 0.29) is 5.91 Å². The standard InChI is InChI=1S/C14H9Cl2N3OS/c15-8-6-9(10(16)12-11(8)19-14(17)21-12)18-13(20)7-4-2-1-3-5-7/h1-6H,(H2,17,19)(H,18,20). The molecule has 3 aromatic rings. The molecule has 0 aliphatic heterocycles. The van der Waals surface area contributed by atoms with Crippen molar-refractivity contribution in [3.63, 3.8) is 0 Å². The quantitative estimate of drug-likeness (QED) is 0.726. The number of nitrogen functional groups attached to an aromatic ring is 1. The SMILES string of the molecule is Nc1nc2c(Cl)cc(NC(=O)c3ccccc3)c(Cl)c2s1. The Morgan fingerprint density at radius 2 is 1.95 bits per heavy atom. The van der Waals surface area contributed by atoms with E-state index in [0.29, 0.717) is 36.6 Å². The number of carbonyl (C=O) groups is 1. The van der Waals surface area contributed by atoms with Gasteiger partial charge >= 0.3 is 0 Å². The van der Waals surface area contributed by atoms with Gasteiger partial charge < -0.3 is 11.1 Å². The fourth-order valence-electron chi connectivity index (χ4n) is 1.90. The van der Waals surface area contributed by atoms with Crippen LogP contribution in [0.2, 0.25) is 10.0 Å². The van der Waals surface area contributed by atoms with Crippen LogP contribution in [0.1, 0.15) is 10.4 Å². The average molecular weight is 338 g/mol. The number of rotatable bonds is 2. The van der Waals surface area contributed by atoms with Crippen molar-refractivity contribution in [2.24, 2.45) is 0 Å². The zero-order chi connectivity index (χ0) is 15.0. The van der Waals surface area contributed by atoms with Gasteiger partial charge in [0.1, 0.15) is 5.52 Å². The molecule has 1 heterocycles. The zero-order valence-electron chi connectivity index (χ0n) is 10.6. The molecule has 0 aliphatic rings. The summed E-state index contributed by atoms with van der Waals surface area (Å²) in [7, 11) is 0. The zero-order valence-corrected chi connectivity index (χ0v) is 12.9. The maximum atomic E-state index is 12.2. The molecule has 0 bridgehead atoms. The van der Waals surface area contributed by atoms with Crippen molar-refractivity contribution >= 4 is 61.5 Å². The van der Waals surface area contributed by atoms with Crippen molar-refractivity contribution in [2.45, 2.75) is 0 Å². The minimum absolute atomic E-state index is 0.259. The lowest BCUT2D eigenvalue weighted by molar-refractivity contribution is 0.102. The Morgan fingerprint density at radius 3 is 2.67 bits per heavy atom. The topological polar surface area (TPSA) is 68.0 Å². The van der Waals surface area contributed by atoms with Gasteiger partial charge in [-0.05, 0) is 18.2 Å². The Labute approximate surface area is 134 Å². The summed E-state index contributed by atoms with van der Waals surface area (Å²) in [6.45, 7) is 0. The number of hydrogen-bond acceptors (Lipinski definition) is 4. The van der Waals surface area contributed by atoms with E-state index in [4.69, 9.17) is 28.9 Å². The molecule has 0 fully saturated rings. The molecule has 3 N–H and O–H groups in total. The molecule has 0 unspecified atom stereocenters. The summed E-state index contributed by atoms with van der Waals surface area (Å²) in [6, 6.07) is 10.4. The molecule has 0 saturated heterocycles. The highest BCUT2D eigenvalue weighted by Crippen LogP contribution is 2.40. The monoisotopic (exact) mass is 337 g/mol. The lowest BCUT2D eigenvalue weighted by Gasteiger charge is -2.08. The van der Waals surface area contributed by atoms with Gasteiger partial charge in [0, 0.05) is 5.56 Å². The molecule has 4 nitrogen and oxygen atoms in total. The van der Waals surface area contributed by atoms with E-state index in [1.807, 2.05) is 6.07 Å². The Kier molecular flexibility index (Phi) is 3.71. The van der Waals surface area contributed by atoms with Crippen LogP contribution in [-0.2, 0) is 0 Å². The van der Waals surface area contributed by atoms with Gasteiger partial charge in [-0.2, -0.15) is 0 Å². The van der Waals surface area contributed by atoms with Crippen LogP contribution in [0.25, 0.3) is 10.2 Å². The number of amides is 1. The predicted octanol–water partition coefficient (Wildman–Crippen LogP) is 4.44. The summed E-state index contributed by atoms with van der Waals surface area (Å²) in [4.78, 5) is 16.3. The molecule has 3 rings (SSSR count). The molecule has 106 valence electrons. The first kappa shape index (κ1) is 14.1. The Morgan fingerprint density at radius 1 is 1.24 bits per heavy atom. The average Bonchev–Trinajstić information content (AvgIpc) is 2.88. The summed E-state index contributed by atoms with van der Waals surface area (Å²) >= 11 is 13.7. The van der Waals surface area contributed by atoms with Crippen LogP contribution < -0.4 is 11.1 Å². The van der Waals surface area contributed by atoms with E-state index in [2.05, 4.69) is 10.3 Å². The Hall–Kier alpha value is -1.82. The maximum Gasteiger partial charge on any atom is 0.255 e. The number of thiazole rings is 1. The third-order valence-electron chi connectivity index (χ3n) is 2.86. The second-order valence-electron chi connectivity index (χ2n) is 4.27. The molecule has 2 aromatic carbocycles. The number of aromatic nitrogens is 1. The normalized spacial score (nSPS) is 10.8. The van der Waals surface area contributed by atoms with Crippen LogP contribution in [0.15, 0.2) is 36.4 Å². The number of nitrogens with two attached hydrogens (primary N) is 1. The van der Waals surface area contributed by atoms with E-state index >= 15 is 0 Å². The van der Waals surface area contributed by atoms with E-state index < -0.39 is 0 Å². The third-order valence-corrected chi connectivity index (χ3v) is 4.56. The smallest absolute Gasteiger partial charge is 0.255 e. The number of benzene rings is 2. The van der Waals surface area contributed by atoms with Crippen LogP contribution in [-0.4, -0.2) is 10.9 Å². The van der Waals surface area contributed by atoms with Crippen molar-refractivity contribution in [2.75, 3.05) is 11.1 Å². The Bertz CT molecular complexity index is 833. The van der Waals surface area contributed by atoms with Gasteiger partial charge in [0.25, 0.3) is 5.91 Å². The number of nitrogens with one attached hydrogen (secondary N) is 1. The fourth-order valence-corrected chi connectivity index (χ4v) is 3.31. The van der Waals surface area contributed by atoms with Crippen LogP contribution in [0, 0.1) is 0 Å². The molecular formula is C14H9Cl2N3OS. The summed E-state index contributed by atoms with van der Waals surface area (Å²) < 4.78 is 0.657. The lowest BCUT2D eigenvalue weighted by atomic mass is 10.2. The molecule has 21 heavy (non-hydrogen) atoms. The number of nitrogens with zero attached hydrogens (tertiary/aromatic N) is 1. The maximum absolute atomic E-state index is 12.2. The fraction of sp³-hybridized carbons (Fsp3) is 0. The van der Waals surface area contributed by atoms with Gasteiger partial charge in [0.05, 0.1) is 20.4 Å². The number of carbonyl (C=O) groups excluding carboxylic acids is 1. The highest BCUT2D eigenvalue weighted by atomic mass is 35.5. The summed E-state index contributed by atoms with van der Waals surface area (Å²) in [5, 5.41) is 3.90. The molecule has 0 aliphatic carbocycles. The second-order valence-corrected chi connectivity index (χ2v) is 6.09. The van der Waals surface area contributed by atoms with Gasteiger partial charge in [-0.15, -0.1) is 0 Å². The number of anilines is 2. The van der Waals surface area contributed by atoms with Crippen LogP contribution >= 0.6 is 34.5 Å². The summed E-state index contributed by atoms with van der Waals surface area (Å²) in [5.41, 5.74) is 7.19. The first-order valence-corrected chi connectivity index (χ1v) is 7.54. The molecule has 1 aromatic heterocycles. The summed E-state index contributed by atoms with van der Waals surface area (Å²) in [6.07, 6.45) is 0. The van der Waals surface area contributed by atoms with Crippen molar-refractivity contribution < 1.29 is 4.79 Å². The van der Waals surface area contributed by atoms with Crippen LogP contribution in [0.5, 0.6) is 0 Å². The van der Waals surface area contributed by atoms with Gasteiger partial charge in [-0.3, -0.25) is 4.79 Å². The first-order chi connectivity index (χ1) is 10.1. The predicted molar refractivity (Wildman–Crippen MR) is 88.4 cm³/mol. The van der Waals surface area contributed by atoms with Crippen molar-refractivity contribution in [3.05, 3.63) is 52.0 Å². The highest BCUT2D eigenvalue weighted by Gasteiger charge is 2.16. The van der Waals surface area contributed by atoms with E-state index in [9.17, 15) is 4.79 Å². The van der Waals surface area contributed by atoms with Crippen molar-refractivity contribution in [1.29, 1.82) is 0 Å². The number of hydrogen-bond donors (Lipinski definition) is 2. The van der Waals surface area contributed by atoms with Gasteiger partial charge in [-0.1, -0.05) is 52.7 Å². The van der Waals surface area contributed by atoms with E-state index in [1.54, 1.807) is 30.3 Å². The first-order valence-electron chi connectivity index (χ1n) is 5.96.